The molecule has 0 fully saturated rings. The van der Waals surface area contributed by atoms with Crippen LogP contribution in [-0.4, -0.2) is 22.4 Å². The van der Waals surface area contributed by atoms with Gasteiger partial charge in [-0.3, -0.25) is 4.79 Å². The highest BCUT2D eigenvalue weighted by molar-refractivity contribution is 5.92. The maximum atomic E-state index is 11.5. The first-order chi connectivity index (χ1) is 6.63. The third kappa shape index (κ3) is 2.80. The summed E-state index contributed by atoms with van der Waals surface area (Å²) in [4.78, 5) is 19.7. The first-order valence-corrected chi connectivity index (χ1v) is 4.74. The van der Waals surface area contributed by atoms with E-state index in [4.69, 9.17) is 0 Å². The molecule has 0 bridgehead atoms. The molecule has 0 unspecified atom stereocenters. The van der Waals surface area contributed by atoms with Gasteiger partial charge in [-0.1, -0.05) is 6.92 Å². The standard InChI is InChI=1S/C10H15N3O/c1-4-5-11-10(14)9-6-7(2)12-8(3)13-9/h6H,4-5H2,1-3H3,(H,11,14). The SMILES string of the molecule is CCCNC(=O)c1cc(C)nc(C)n1. The van der Waals surface area contributed by atoms with Crippen molar-refractivity contribution in [3.63, 3.8) is 0 Å². The molecule has 1 rings (SSSR count). The zero-order valence-corrected chi connectivity index (χ0v) is 8.79. The first-order valence-electron chi connectivity index (χ1n) is 4.74. The zero-order chi connectivity index (χ0) is 10.6. The second-order valence-corrected chi connectivity index (χ2v) is 3.20. The number of hydrogen-bond acceptors (Lipinski definition) is 3. The molecule has 0 aliphatic carbocycles. The van der Waals surface area contributed by atoms with Gasteiger partial charge in [0.15, 0.2) is 0 Å². The third-order valence-corrected chi connectivity index (χ3v) is 1.73. The summed E-state index contributed by atoms with van der Waals surface area (Å²) in [6.45, 7) is 6.33. The molecule has 4 heteroatoms. The van der Waals surface area contributed by atoms with Crippen molar-refractivity contribution in [2.75, 3.05) is 6.54 Å². The molecule has 0 aromatic carbocycles. The highest BCUT2D eigenvalue weighted by atomic mass is 16.1. The van der Waals surface area contributed by atoms with Crippen LogP contribution in [0.3, 0.4) is 0 Å². The number of hydrogen-bond donors (Lipinski definition) is 1. The Morgan fingerprint density at radius 3 is 2.71 bits per heavy atom. The van der Waals surface area contributed by atoms with Crippen LogP contribution in [0.4, 0.5) is 0 Å². The summed E-state index contributed by atoms with van der Waals surface area (Å²) in [5.74, 6) is 0.507. The molecule has 0 saturated carbocycles. The fraction of sp³-hybridized carbons (Fsp3) is 0.500. The van der Waals surface area contributed by atoms with E-state index in [2.05, 4.69) is 15.3 Å². The first kappa shape index (κ1) is 10.6. The summed E-state index contributed by atoms with van der Waals surface area (Å²) in [5, 5.41) is 2.77. The van der Waals surface area contributed by atoms with Gasteiger partial charge in [-0.25, -0.2) is 9.97 Å². The van der Waals surface area contributed by atoms with Crippen molar-refractivity contribution in [3.8, 4) is 0 Å². The Labute approximate surface area is 83.8 Å². The molecular formula is C10H15N3O. The van der Waals surface area contributed by atoms with E-state index in [1.165, 1.54) is 0 Å². The molecule has 1 heterocycles. The van der Waals surface area contributed by atoms with Crippen molar-refractivity contribution in [2.45, 2.75) is 27.2 Å². The lowest BCUT2D eigenvalue weighted by Crippen LogP contribution is -2.25. The van der Waals surface area contributed by atoms with Gasteiger partial charge in [-0.2, -0.15) is 0 Å². The second kappa shape index (κ2) is 4.69. The van der Waals surface area contributed by atoms with Crippen LogP contribution in [0.5, 0.6) is 0 Å². The fourth-order valence-corrected chi connectivity index (χ4v) is 1.16. The molecule has 4 nitrogen and oxygen atoms in total. The van der Waals surface area contributed by atoms with Crippen LogP contribution in [-0.2, 0) is 0 Å². The van der Waals surface area contributed by atoms with Crippen LogP contribution in [0.2, 0.25) is 0 Å². The van der Waals surface area contributed by atoms with Gasteiger partial charge in [0.1, 0.15) is 11.5 Å². The van der Waals surface area contributed by atoms with E-state index in [0.29, 0.717) is 18.1 Å². The summed E-state index contributed by atoms with van der Waals surface area (Å²) in [6.07, 6.45) is 0.925. The minimum atomic E-state index is -0.125. The monoisotopic (exact) mass is 193 g/mol. The second-order valence-electron chi connectivity index (χ2n) is 3.20. The fourth-order valence-electron chi connectivity index (χ4n) is 1.16. The van der Waals surface area contributed by atoms with Crippen LogP contribution in [0, 0.1) is 13.8 Å². The Hall–Kier alpha value is -1.45. The Balaban J connectivity index is 2.79. The summed E-state index contributed by atoms with van der Waals surface area (Å²) >= 11 is 0. The van der Waals surface area contributed by atoms with Crippen LogP contribution >= 0.6 is 0 Å². The van der Waals surface area contributed by atoms with Crippen LogP contribution < -0.4 is 5.32 Å². The average molecular weight is 193 g/mol. The Kier molecular flexibility index (Phi) is 3.56. The van der Waals surface area contributed by atoms with E-state index in [1.54, 1.807) is 13.0 Å². The van der Waals surface area contributed by atoms with Crippen molar-refractivity contribution in [2.24, 2.45) is 0 Å². The number of aromatic nitrogens is 2. The largest absolute Gasteiger partial charge is 0.351 e. The van der Waals surface area contributed by atoms with E-state index in [-0.39, 0.29) is 5.91 Å². The molecule has 0 aliphatic heterocycles. The van der Waals surface area contributed by atoms with Gasteiger partial charge in [-0.15, -0.1) is 0 Å². The molecule has 1 aromatic heterocycles. The number of nitrogens with zero attached hydrogens (tertiary/aromatic N) is 2. The summed E-state index contributed by atoms with van der Waals surface area (Å²) in [5.41, 5.74) is 1.27. The molecule has 0 atom stereocenters. The lowest BCUT2D eigenvalue weighted by atomic mass is 10.3. The molecular weight excluding hydrogens is 178 g/mol. The molecule has 1 aromatic rings. The van der Waals surface area contributed by atoms with Crippen molar-refractivity contribution >= 4 is 5.91 Å². The van der Waals surface area contributed by atoms with Gasteiger partial charge in [0.05, 0.1) is 0 Å². The molecule has 0 radical (unpaired) electrons. The van der Waals surface area contributed by atoms with Gasteiger partial charge in [0.2, 0.25) is 0 Å². The van der Waals surface area contributed by atoms with Crippen molar-refractivity contribution < 1.29 is 4.79 Å². The highest BCUT2D eigenvalue weighted by Crippen LogP contribution is 1.99. The normalized spacial score (nSPS) is 9.93. The molecule has 1 N–H and O–H groups in total. The van der Waals surface area contributed by atoms with Crippen LogP contribution in [0.25, 0.3) is 0 Å². The minimum Gasteiger partial charge on any atom is -0.351 e. The molecule has 76 valence electrons. The van der Waals surface area contributed by atoms with E-state index in [9.17, 15) is 4.79 Å². The molecule has 14 heavy (non-hydrogen) atoms. The predicted octanol–water partition coefficient (Wildman–Crippen LogP) is 1.23. The molecule has 0 spiro atoms. The zero-order valence-electron chi connectivity index (χ0n) is 8.79. The van der Waals surface area contributed by atoms with E-state index in [1.807, 2.05) is 13.8 Å². The maximum Gasteiger partial charge on any atom is 0.270 e. The van der Waals surface area contributed by atoms with Gasteiger partial charge < -0.3 is 5.32 Å². The van der Waals surface area contributed by atoms with E-state index < -0.39 is 0 Å². The van der Waals surface area contributed by atoms with Gasteiger partial charge >= 0.3 is 0 Å². The number of aryl methyl sites for hydroxylation is 2. The lowest BCUT2D eigenvalue weighted by Gasteiger charge is -2.04. The highest BCUT2D eigenvalue weighted by Gasteiger charge is 2.07. The van der Waals surface area contributed by atoms with E-state index in [0.717, 1.165) is 12.1 Å². The number of nitrogens with one attached hydrogen (secondary N) is 1. The Morgan fingerprint density at radius 2 is 2.14 bits per heavy atom. The number of amides is 1. The molecule has 1 amide bonds. The summed E-state index contributed by atoms with van der Waals surface area (Å²) in [7, 11) is 0. The van der Waals surface area contributed by atoms with Crippen molar-refractivity contribution in [1.82, 2.24) is 15.3 Å². The van der Waals surface area contributed by atoms with Gasteiger partial charge in [0.25, 0.3) is 5.91 Å². The van der Waals surface area contributed by atoms with E-state index >= 15 is 0 Å². The van der Waals surface area contributed by atoms with Crippen molar-refractivity contribution in [3.05, 3.63) is 23.3 Å². The summed E-state index contributed by atoms with van der Waals surface area (Å²) < 4.78 is 0. The number of carbonyl (C=O) groups excluding carboxylic acids is 1. The lowest BCUT2D eigenvalue weighted by molar-refractivity contribution is 0.0948. The quantitative estimate of drug-likeness (QED) is 0.785. The Bertz CT molecular complexity index is 316. The topological polar surface area (TPSA) is 54.9 Å². The summed E-state index contributed by atoms with van der Waals surface area (Å²) in [6, 6.07) is 1.69. The molecule has 0 saturated heterocycles. The smallest absolute Gasteiger partial charge is 0.270 e. The average Bonchev–Trinajstić information content (AvgIpc) is 2.12. The minimum absolute atomic E-state index is 0.125. The molecule has 0 aliphatic rings. The van der Waals surface area contributed by atoms with Gasteiger partial charge in [0, 0.05) is 12.2 Å². The third-order valence-electron chi connectivity index (χ3n) is 1.73. The maximum absolute atomic E-state index is 11.5. The van der Waals surface area contributed by atoms with Crippen LogP contribution in [0.15, 0.2) is 6.07 Å². The predicted molar refractivity (Wildman–Crippen MR) is 54.1 cm³/mol. The number of rotatable bonds is 3. The Morgan fingerprint density at radius 1 is 1.43 bits per heavy atom. The number of carbonyl (C=O) groups is 1. The van der Waals surface area contributed by atoms with Crippen molar-refractivity contribution in [1.29, 1.82) is 0 Å². The van der Waals surface area contributed by atoms with Gasteiger partial charge in [-0.05, 0) is 26.3 Å². The van der Waals surface area contributed by atoms with Crippen LogP contribution in [0.1, 0.15) is 35.4 Å².